The molecule has 1 fully saturated rings. The molecule has 5 rings (SSSR count). The Hall–Kier alpha value is -2.51. The molecule has 1 unspecified atom stereocenters. The fourth-order valence-corrected chi connectivity index (χ4v) is 5.87. The van der Waals surface area contributed by atoms with Crippen LogP contribution in [0.2, 0.25) is 0 Å². The van der Waals surface area contributed by atoms with Gasteiger partial charge in [0.15, 0.2) is 0 Å². The molecule has 3 N–H and O–H groups in total. The summed E-state index contributed by atoms with van der Waals surface area (Å²) < 4.78 is 17.1. The maximum atomic E-state index is 15.3. The summed E-state index contributed by atoms with van der Waals surface area (Å²) in [5.74, 6) is -1.78. The van der Waals surface area contributed by atoms with E-state index >= 15 is 4.39 Å². The number of aromatic carboxylic acids is 1. The van der Waals surface area contributed by atoms with Crippen LogP contribution in [-0.2, 0) is 6.42 Å². The maximum absolute atomic E-state index is 15.3. The lowest BCUT2D eigenvalue weighted by Crippen LogP contribution is -2.19. The number of halogens is 1. The highest BCUT2D eigenvalue weighted by atomic mass is 32.1. The van der Waals surface area contributed by atoms with Crippen LogP contribution in [-0.4, -0.2) is 15.6 Å². The number of nitrogens with two attached hydrogens (primary N) is 1. The van der Waals surface area contributed by atoms with Crippen LogP contribution >= 0.6 is 11.3 Å². The standard InChI is InChI=1S/C22H21FN2O3S/c1-10-19(18-8-12-16(24)3-2-4-17(12)29-18)15(23)7-13-20(10)25(11-5-6-11)9-14(21(13)26)22(27)28/h7-9,11,16H,2-6,24H2,1H3,(H,27,28). The summed E-state index contributed by atoms with van der Waals surface area (Å²) in [5.41, 5.74) is 8.20. The summed E-state index contributed by atoms with van der Waals surface area (Å²) >= 11 is 1.57. The van der Waals surface area contributed by atoms with Crippen molar-refractivity contribution in [2.24, 2.45) is 5.73 Å². The first-order chi connectivity index (χ1) is 13.9. The summed E-state index contributed by atoms with van der Waals surface area (Å²) in [6.45, 7) is 1.82. The van der Waals surface area contributed by atoms with Crippen LogP contribution in [0.15, 0.2) is 23.1 Å². The highest BCUT2D eigenvalue weighted by molar-refractivity contribution is 7.15. The molecule has 7 heteroatoms. The normalized spacial score (nSPS) is 18.8. The molecule has 1 aromatic carbocycles. The quantitative estimate of drug-likeness (QED) is 0.661. The second kappa shape index (κ2) is 6.50. The van der Waals surface area contributed by atoms with Crippen molar-refractivity contribution >= 4 is 28.2 Å². The Kier molecular flexibility index (Phi) is 4.15. The number of hydrogen-bond acceptors (Lipinski definition) is 4. The van der Waals surface area contributed by atoms with Crippen molar-refractivity contribution < 1.29 is 14.3 Å². The average Bonchev–Trinajstić information content (AvgIpc) is 3.42. The van der Waals surface area contributed by atoms with Gasteiger partial charge in [0, 0.05) is 39.0 Å². The molecule has 0 spiro atoms. The Morgan fingerprint density at radius 3 is 2.72 bits per heavy atom. The van der Waals surface area contributed by atoms with Crippen molar-refractivity contribution in [2.75, 3.05) is 0 Å². The summed E-state index contributed by atoms with van der Waals surface area (Å²) in [7, 11) is 0. The lowest BCUT2D eigenvalue weighted by atomic mass is 9.93. The molecular formula is C22H21FN2O3S. The average molecular weight is 412 g/mol. The highest BCUT2D eigenvalue weighted by Gasteiger charge is 2.30. The SMILES string of the molecule is Cc1c(-c2cc3c(s2)CCCC3N)c(F)cc2c(=O)c(C(=O)O)cn(C3CC3)c12. The minimum absolute atomic E-state index is 0.0182. The maximum Gasteiger partial charge on any atom is 0.341 e. The smallest absolute Gasteiger partial charge is 0.341 e. The molecule has 0 bridgehead atoms. The van der Waals surface area contributed by atoms with Gasteiger partial charge >= 0.3 is 5.97 Å². The van der Waals surface area contributed by atoms with Crippen LogP contribution in [0.25, 0.3) is 21.3 Å². The number of aryl methyl sites for hydroxylation is 2. The highest BCUT2D eigenvalue weighted by Crippen LogP contribution is 2.44. The number of carboxylic acid groups (broad SMARTS) is 1. The molecule has 0 radical (unpaired) electrons. The van der Waals surface area contributed by atoms with E-state index in [4.69, 9.17) is 5.73 Å². The van der Waals surface area contributed by atoms with Gasteiger partial charge in [0.2, 0.25) is 5.43 Å². The minimum Gasteiger partial charge on any atom is -0.477 e. The zero-order chi connectivity index (χ0) is 20.4. The lowest BCUT2D eigenvalue weighted by Gasteiger charge is -2.17. The largest absolute Gasteiger partial charge is 0.477 e. The van der Waals surface area contributed by atoms with Crippen LogP contribution in [0.4, 0.5) is 4.39 Å². The molecule has 2 aliphatic rings. The summed E-state index contributed by atoms with van der Waals surface area (Å²) in [5, 5.41) is 9.56. The van der Waals surface area contributed by atoms with Crippen molar-refractivity contribution in [3.05, 3.63) is 55.9 Å². The van der Waals surface area contributed by atoms with Crippen LogP contribution in [0.1, 0.15) is 64.1 Å². The van der Waals surface area contributed by atoms with E-state index in [1.807, 2.05) is 17.6 Å². The predicted octanol–water partition coefficient (Wildman–Crippen LogP) is 4.55. The van der Waals surface area contributed by atoms with Gasteiger partial charge in [-0.2, -0.15) is 0 Å². The van der Waals surface area contributed by atoms with E-state index in [1.54, 1.807) is 11.3 Å². The molecule has 5 nitrogen and oxygen atoms in total. The van der Waals surface area contributed by atoms with Crippen molar-refractivity contribution in [3.8, 4) is 10.4 Å². The first-order valence-electron chi connectivity index (χ1n) is 9.86. The number of carbonyl (C=O) groups is 1. The zero-order valence-corrected chi connectivity index (χ0v) is 16.8. The first-order valence-corrected chi connectivity index (χ1v) is 10.7. The number of thiophene rings is 1. The molecule has 2 aliphatic carbocycles. The van der Waals surface area contributed by atoms with Gasteiger partial charge in [0.1, 0.15) is 11.4 Å². The molecule has 3 aromatic rings. The lowest BCUT2D eigenvalue weighted by molar-refractivity contribution is 0.0695. The van der Waals surface area contributed by atoms with Crippen LogP contribution in [0.5, 0.6) is 0 Å². The second-order valence-corrected chi connectivity index (χ2v) is 9.19. The van der Waals surface area contributed by atoms with Crippen molar-refractivity contribution in [2.45, 2.75) is 51.1 Å². The number of aromatic nitrogens is 1. The van der Waals surface area contributed by atoms with Gasteiger partial charge in [-0.3, -0.25) is 4.79 Å². The van der Waals surface area contributed by atoms with Gasteiger partial charge in [0.05, 0.1) is 5.52 Å². The molecule has 1 saturated carbocycles. The van der Waals surface area contributed by atoms with E-state index in [1.165, 1.54) is 17.1 Å². The molecular weight excluding hydrogens is 391 g/mol. The van der Waals surface area contributed by atoms with Gasteiger partial charge in [-0.15, -0.1) is 11.3 Å². The van der Waals surface area contributed by atoms with Crippen molar-refractivity contribution in [1.29, 1.82) is 0 Å². The van der Waals surface area contributed by atoms with Gasteiger partial charge in [-0.25, -0.2) is 9.18 Å². The Balaban J connectivity index is 1.81. The van der Waals surface area contributed by atoms with Crippen LogP contribution < -0.4 is 11.2 Å². The molecule has 2 heterocycles. The Bertz CT molecular complexity index is 1240. The fraction of sp³-hybridized carbons (Fsp3) is 0.364. The summed E-state index contributed by atoms with van der Waals surface area (Å²) in [4.78, 5) is 26.3. The Morgan fingerprint density at radius 2 is 2.07 bits per heavy atom. The van der Waals surface area contributed by atoms with Gasteiger partial charge < -0.3 is 15.4 Å². The number of hydrogen-bond donors (Lipinski definition) is 2. The van der Waals surface area contributed by atoms with Crippen LogP contribution in [0.3, 0.4) is 0 Å². The fourth-order valence-electron chi connectivity index (χ4n) is 4.49. The molecule has 0 aliphatic heterocycles. The third-order valence-electron chi connectivity index (χ3n) is 6.09. The Labute approximate surface area is 170 Å². The predicted molar refractivity (Wildman–Crippen MR) is 111 cm³/mol. The van der Waals surface area contributed by atoms with E-state index in [0.29, 0.717) is 16.6 Å². The molecule has 0 amide bonds. The monoisotopic (exact) mass is 412 g/mol. The van der Waals surface area contributed by atoms with Crippen LogP contribution in [0, 0.1) is 12.7 Å². The van der Waals surface area contributed by atoms with E-state index in [0.717, 1.165) is 42.5 Å². The van der Waals surface area contributed by atoms with E-state index in [2.05, 4.69) is 0 Å². The number of carboxylic acids is 1. The molecule has 150 valence electrons. The van der Waals surface area contributed by atoms with Gasteiger partial charge in [-0.1, -0.05) is 0 Å². The molecule has 29 heavy (non-hydrogen) atoms. The third-order valence-corrected chi connectivity index (χ3v) is 7.32. The number of fused-ring (bicyclic) bond motifs is 2. The molecule has 0 saturated heterocycles. The second-order valence-electron chi connectivity index (χ2n) is 8.06. The minimum atomic E-state index is -1.28. The number of benzene rings is 1. The topological polar surface area (TPSA) is 85.3 Å². The third kappa shape index (κ3) is 2.83. The number of pyridine rings is 1. The Morgan fingerprint density at radius 1 is 1.31 bits per heavy atom. The van der Waals surface area contributed by atoms with Gasteiger partial charge in [0.25, 0.3) is 0 Å². The summed E-state index contributed by atoms with van der Waals surface area (Å²) in [6, 6.07) is 3.34. The number of rotatable bonds is 3. The van der Waals surface area contributed by atoms with Crippen molar-refractivity contribution in [1.82, 2.24) is 4.57 Å². The molecule has 1 atom stereocenters. The van der Waals surface area contributed by atoms with Crippen molar-refractivity contribution in [3.63, 3.8) is 0 Å². The number of nitrogens with zero attached hydrogens (tertiary/aromatic N) is 1. The summed E-state index contributed by atoms with van der Waals surface area (Å²) in [6.07, 6.45) is 6.19. The van der Waals surface area contributed by atoms with E-state index in [9.17, 15) is 14.7 Å². The zero-order valence-electron chi connectivity index (χ0n) is 16.0. The van der Waals surface area contributed by atoms with E-state index in [-0.39, 0.29) is 23.0 Å². The van der Waals surface area contributed by atoms with E-state index < -0.39 is 17.2 Å². The first kappa shape index (κ1) is 18.5. The van der Waals surface area contributed by atoms with Gasteiger partial charge in [-0.05, 0) is 62.3 Å². The molecule has 2 aromatic heterocycles.